The van der Waals surface area contributed by atoms with Crippen molar-refractivity contribution in [3.8, 4) is 0 Å². The van der Waals surface area contributed by atoms with E-state index < -0.39 is 9.84 Å². The van der Waals surface area contributed by atoms with Gasteiger partial charge in [0.2, 0.25) is 0 Å². The van der Waals surface area contributed by atoms with E-state index in [0.29, 0.717) is 0 Å². The molecule has 0 aromatic carbocycles. The van der Waals surface area contributed by atoms with Gasteiger partial charge in [-0.05, 0) is 0 Å². The largest absolute Gasteiger partial charge is 0.314 e. The van der Waals surface area contributed by atoms with Crippen molar-refractivity contribution in [1.29, 1.82) is 0 Å². The first-order valence-corrected chi connectivity index (χ1v) is 9.97. The summed E-state index contributed by atoms with van der Waals surface area (Å²) < 4.78 is 24.3. The third kappa shape index (κ3) is 4.32. The van der Waals surface area contributed by atoms with Gasteiger partial charge in [0.15, 0.2) is 9.84 Å². The minimum Gasteiger partial charge on any atom is -0.314 e. The third-order valence-electron chi connectivity index (χ3n) is 3.92. The predicted molar refractivity (Wildman–Crippen MR) is 81.5 cm³/mol. The molecule has 2 fully saturated rings. The number of thioether (sulfide) groups is 1. The Hall–Kier alpha value is 0.180. The monoisotopic (exact) mass is 307 g/mol. The number of piperazine rings is 1. The van der Waals surface area contributed by atoms with Gasteiger partial charge >= 0.3 is 0 Å². The summed E-state index contributed by atoms with van der Waals surface area (Å²) in [5.74, 6) is 2.04. The Morgan fingerprint density at radius 2 is 1.95 bits per heavy atom. The van der Waals surface area contributed by atoms with Gasteiger partial charge in [0.1, 0.15) is 5.37 Å². The van der Waals surface area contributed by atoms with E-state index in [4.69, 9.17) is 0 Å². The SMILES string of the molecule is CCS(=O)(=O)C1CSCCN1CCN1CCNCC1. The van der Waals surface area contributed by atoms with Crippen molar-refractivity contribution >= 4 is 21.6 Å². The van der Waals surface area contributed by atoms with E-state index in [2.05, 4.69) is 15.1 Å². The Kier molecular flexibility index (Phi) is 5.95. The Morgan fingerprint density at radius 3 is 2.63 bits per heavy atom. The summed E-state index contributed by atoms with van der Waals surface area (Å²) in [6.07, 6.45) is 0. The topological polar surface area (TPSA) is 52.7 Å². The molecular weight excluding hydrogens is 282 g/mol. The Labute approximate surface area is 121 Å². The fraction of sp³-hybridized carbons (Fsp3) is 1.00. The zero-order chi connectivity index (χ0) is 13.7. The van der Waals surface area contributed by atoms with Gasteiger partial charge in [-0.25, -0.2) is 8.42 Å². The van der Waals surface area contributed by atoms with Crippen LogP contribution in [0.1, 0.15) is 6.92 Å². The lowest BCUT2D eigenvalue weighted by molar-refractivity contribution is 0.186. The van der Waals surface area contributed by atoms with Gasteiger partial charge in [0.05, 0.1) is 0 Å². The molecule has 0 aliphatic carbocycles. The summed E-state index contributed by atoms with van der Waals surface area (Å²) in [6, 6.07) is 0. The zero-order valence-electron chi connectivity index (χ0n) is 11.7. The molecule has 5 nitrogen and oxygen atoms in total. The van der Waals surface area contributed by atoms with Crippen LogP contribution in [0.5, 0.6) is 0 Å². The van der Waals surface area contributed by atoms with Gasteiger partial charge in [-0.2, -0.15) is 11.8 Å². The van der Waals surface area contributed by atoms with Crippen LogP contribution in [-0.2, 0) is 9.84 Å². The minimum absolute atomic E-state index is 0.252. The summed E-state index contributed by atoms with van der Waals surface area (Å²) >= 11 is 1.77. The fourth-order valence-electron chi connectivity index (χ4n) is 2.60. The van der Waals surface area contributed by atoms with E-state index in [-0.39, 0.29) is 11.1 Å². The molecule has 1 N–H and O–H groups in total. The number of rotatable bonds is 5. The summed E-state index contributed by atoms with van der Waals surface area (Å²) in [6.45, 7) is 8.77. The Balaban J connectivity index is 1.88. The normalized spacial score (nSPS) is 27.5. The molecule has 7 heteroatoms. The van der Waals surface area contributed by atoms with Crippen LogP contribution in [-0.4, -0.2) is 86.7 Å². The van der Waals surface area contributed by atoms with Crippen LogP contribution < -0.4 is 5.32 Å². The summed E-state index contributed by atoms with van der Waals surface area (Å²) in [5, 5.41) is 3.08. The van der Waals surface area contributed by atoms with Crippen molar-refractivity contribution in [2.24, 2.45) is 0 Å². The highest BCUT2D eigenvalue weighted by molar-refractivity contribution is 8.01. The van der Waals surface area contributed by atoms with Gasteiger partial charge in [0.25, 0.3) is 0 Å². The summed E-state index contributed by atoms with van der Waals surface area (Å²) in [4.78, 5) is 4.60. The number of hydrogen-bond acceptors (Lipinski definition) is 6. The number of sulfone groups is 1. The van der Waals surface area contributed by atoms with E-state index >= 15 is 0 Å². The Morgan fingerprint density at radius 1 is 1.21 bits per heavy atom. The maximum absolute atomic E-state index is 12.1. The average molecular weight is 307 g/mol. The van der Waals surface area contributed by atoms with Crippen LogP contribution in [0.2, 0.25) is 0 Å². The van der Waals surface area contributed by atoms with Gasteiger partial charge < -0.3 is 5.32 Å². The first-order chi connectivity index (χ1) is 9.13. The van der Waals surface area contributed by atoms with Crippen LogP contribution in [0.3, 0.4) is 0 Å². The lowest BCUT2D eigenvalue weighted by Crippen LogP contribution is -2.52. The van der Waals surface area contributed by atoms with Crippen LogP contribution in [0.15, 0.2) is 0 Å². The maximum Gasteiger partial charge on any atom is 0.166 e. The predicted octanol–water partition coefficient (Wildman–Crippen LogP) is -0.299. The van der Waals surface area contributed by atoms with Gasteiger partial charge in [-0.3, -0.25) is 9.80 Å². The molecule has 0 amide bonds. The highest BCUT2D eigenvalue weighted by Gasteiger charge is 2.32. The van der Waals surface area contributed by atoms with Crippen molar-refractivity contribution in [3.05, 3.63) is 0 Å². The van der Waals surface area contributed by atoms with Crippen LogP contribution in [0, 0.1) is 0 Å². The minimum atomic E-state index is -2.95. The van der Waals surface area contributed by atoms with Crippen molar-refractivity contribution in [1.82, 2.24) is 15.1 Å². The van der Waals surface area contributed by atoms with Gasteiger partial charge in [-0.15, -0.1) is 0 Å². The standard InChI is InChI=1S/C12H25N3O2S2/c1-2-19(16,17)12-11-18-10-9-15(12)8-7-14-5-3-13-4-6-14/h12-13H,2-11H2,1H3. The Bertz CT molecular complexity index is 369. The lowest BCUT2D eigenvalue weighted by atomic mass is 10.3. The second-order valence-corrected chi connectivity index (χ2v) is 8.71. The zero-order valence-corrected chi connectivity index (χ0v) is 13.3. The molecule has 0 saturated carbocycles. The quantitative estimate of drug-likeness (QED) is 0.753. The highest BCUT2D eigenvalue weighted by Crippen LogP contribution is 2.21. The third-order valence-corrected chi connectivity index (χ3v) is 7.25. The first-order valence-electron chi connectivity index (χ1n) is 7.10. The van der Waals surface area contributed by atoms with Crippen LogP contribution in [0.4, 0.5) is 0 Å². The molecule has 112 valence electrons. The van der Waals surface area contributed by atoms with Crippen molar-refractivity contribution in [2.75, 3.05) is 63.1 Å². The van der Waals surface area contributed by atoms with Crippen molar-refractivity contribution in [3.63, 3.8) is 0 Å². The van der Waals surface area contributed by atoms with Crippen LogP contribution in [0.25, 0.3) is 0 Å². The molecule has 2 aliphatic rings. The second kappa shape index (κ2) is 7.26. The first kappa shape index (κ1) is 15.6. The van der Waals surface area contributed by atoms with E-state index in [1.54, 1.807) is 18.7 Å². The summed E-state index contributed by atoms with van der Waals surface area (Å²) in [5.41, 5.74) is 0. The van der Waals surface area contributed by atoms with E-state index in [1.165, 1.54) is 0 Å². The molecule has 0 spiro atoms. The number of hydrogen-bond donors (Lipinski definition) is 1. The molecule has 0 aromatic rings. The van der Waals surface area contributed by atoms with Gasteiger partial charge in [-0.1, -0.05) is 6.92 Å². The smallest absolute Gasteiger partial charge is 0.166 e. The second-order valence-electron chi connectivity index (χ2n) is 5.11. The molecule has 0 aromatic heterocycles. The van der Waals surface area contributed by atoms with Crippen molar-refractivity contribution < 1.29 is 8.42 Å². The molecule has 2 heterocycles. The molecule has 2 rings (SSSR count). The highest BCUT2D eigenvalue weighted by atomic mass is 32.2. The molecule has 19 heavy (non-hydrogen) atoms. The molecule has 1 unspecified atom stereocenters. The lowest BCUT2D eigenvalue weighted by Gasteiger charge is -2.36. The molecule has 2 aliphatic heterocycles. The van der Waals surface area contributed by atoms with E-state index in [9.17, 15) is 8.42 Å². The van der Waals surface area contributed by atoms with E-state index in [1.807, 2.05) is 0 Å². The van der Waals surface area contributed by atoms with Crippen LogP contribution >= 0.6 is 11.8 Å². The fourth-order valence-corrected chi connectivity index (χ4v) is 5.71. The van der Waals surface area contributed by atoms with Gasteiger partial charge in [0, 0.05) is 63.1 Å². The van der Waals surface area contributed by atoms with Crippen molar-refractivity contribution in [2.45, 2.75) is 12.3 Å². The molecular formula is C12H25N3O2S2. The maximum atomic E-state index is 12.1. The van der Waals surface area contributed by atoms with E-state index in [0.717, 1.165) is 57.3 Å². The number of nitrogens with zero attached hydrogens (tertiary/aromatic N) is 2. The molecule has 2 saturated heterocycles. The molecule has 0 radical (unpaired) electrons. The summed E-state index contributed by atoms with van der Waals surface area (Å²) in [7, 11) is -2.95. The number of nitrogens with one attached hydrogen (secondary N) is 1. The molecule has 0 bridgehead atoms. The molecule has 1 atom stereocenters. The average Bonchev–Trinajstić information content (AvgIpc) is 2.46.